The molecule has 3 heterocycles. The summed E-state index contributed by atoms with van der Waals surface area (Å²) in [6.45, 7) is 17.4. The van der Waals surface area contributed by atoms with Gasteiger partial charge in [0.15, 0.2) is 0 Å². The highest BCUT2D eigenvalue weighted by molar-refractivity contribution is 5.94. The maximum atomic E-state index is 5.96. The Hall–Kier alpha value is -1.91. The lowest BCUT2D eigenvalue weighted by Gasteiger charge is -2.32. The number of ether oxygens (including phenoxy) is 1. The largest absolute Gasteiger partial charge is 0.475 e. The third-order valence-electron chi connectivity index (χ3n) is 4.03. The molecule has 0 radical (unpaired) electrons. The second-order valence-electron chi connectivity index (χ2n) is 6.68. The zero-order valence-corrected chi connectivity index (χ0v) is 16.2. The van der Waals surface area contributed by atoms with E-state index in [2.05, 4.69) is 44.5 Å². The minimum Gasteiger partial charge on any atom is -0.475 e. The Bertz CT molecular complexity index is 712. The van der Waals surface area contributed by atoms with E-state index in [4.69, 9.17) is 14.7 Å². The van der Waals surface area contributed by atoms with Gasteiger partial charge in [0, 0.05) is 17.7 Å². The maximum absolute atomic E-state index is 5.96. The van der Waals surface area contributed by atoms with Gasteiger partial charge in [-0.05, 0) is 33.8 Å². The van der Waals surface area contributed by atoms with Crippen LogP contribution in [0.4, 0.5) is 5.82 Å². The van der Waals surface area contributed by atoms with Crippen LogP contribution in [0.3, 0.4) is 0 Å². The summed E-state index contributed by atoms with van der Waals surface area (Å²) in [6, 6.07) is 2.60. The predicted molar refractivity (Wildman–Crippen MR) is 100 cm³/mol. The van der Waals surface area contributed by atoms with Gasteiger partial charge in [-0.15, -0.1) is 0 Å². The van der Waals surface area contributed by atoms with Gasteiger partial charge >= 0.3 is 0 Å². The smallest absolute Gasteiger partial charge is 0.227 e. The van der Waals surface area contributed by atoms with Crippen molar-refractivity contribution < 1.29 is 4.74 Å². The second-order valence-corrected chi connectivity index (χ2v) is 6.68. The van der Waals surface area contributed by atoms with Gasteiger partial charge < -0.3 is 9.64 Å². The van der Waals surface area contributed by atoms with Crippen LogP contribution in [-0.2, 0) is 0 Å². The first kappa shape index (κ1) is 18.4. The minimum absolute atomic E-state index is 0.243. The molecule has 0 unspecified atom stereocenters. The lowest BCUT2D eigenvalue weighted by molar-refractivity contribution is 0.282. The Morgan fingerprint density at radius 1 is 1.12 bits per heavy atom. The highest BCUT2D eigenvalue weighted by Crippen LogP contribution is 2.36. The molecule has 2 aromatic heterocycles. The van der Waals surface area contributed by atoms with Crippen molar-refractivity contribution in [3.63, 3.8) is 0 Å². The number of aryl methyl sites for hydroxylation is 1. The minimum atomic E-state index is 0.243. The van der Waals surface area contributed by atoms with Crippen LogP contribution >= 0.6 is 0 Å². The summed E-state index contributed by atoms with van der Waals surface area (Å²) in [4.78, 5) is 16.5. The van der Waals surface area contributed by atoms with E-state index in [9.17, 15) is 0 Å². The molecule has 2 aromatic rings. The summed E-state index contributed by atoms with van der Waals surface area (Å²) in [5.74, 6) is 2.77. The zero-order chi connectivity index (χ0) is 18.0. The van der Waals surface area contributed by atoms with Crippen molar-refractivity contribution in [3.8, 4) is 5.88 Å². The summed E-state index contributed by atoms with van der Waals surface area (Å²) in [5.41, 5.74) is 1.85. The standard InChI is InChI=1S/C17H24N4O.C2H6/c1-9(2)15-19-13-7-11(5)18-17-14(13)16(20-15)21(10(3)4)12(6)8-22-17;1-2/h7,9-10,12H,8H2,1-6H3;1-2H3/t12-;/m0./s1. The molecule has 0 N–H and O–H groups in total. The van der Waals surface area contributed by atoms with E-state index < -0.39 is 0 Å². The van der Waals surface area contributed by atoms with Crippen LogP contribution in [0.2, 0.25) is 0 Å². The van der Waals surface area contributed by atoms with Crippen molar-refractivity contribution in [2.45, 2.75) is 73.4 Å². The van der Waals surface area contributed by atoms with Gasteiger partial charge in [0.05, 0.1) is 11.6 Å². The summed E-state index contributed by atoms with van der Waals surface area (Å²) < 4.78 is 5.96. The van der Waals surface area contributed by atoms with Crippen LogP contribution in [0.15, 0.2) is 6.07 Å². The Labute approximate surface area is 145 Å². The Morgan fingerprint density at radius 2 is 1.79 bits per heavy atom. The van der Waals surface area contributed by atoms with Gasteiger partial charge in [0.2, 0.25) is 5.88 Å². The lowest BCUT2D eigenvalue weighted by atomic mass is 10.1. The van der Waals surface area contributed by atoms with E-state index in [1.165, 1.54) is 0 Å². The predicted octanol–water partition coefficient (Wildman–Crippen LogP) is 4.48. The molecule has 5 heteroatoms. The molecule has 0 aliphatic carbocycles. The van der Waals surface area contributed by atoms with E-state index >= 15 is 0 Å². The van der Waals surface area contributed by atoms with Crippen molar-refractivity contribution in [1.29, 1.82) is 0 Å². The SMILES string of the molecule is CC.Cc1cc2nc(C(C)C)nc3c2c(n1)OC[C@H](C)N3C(C)C. The van der Waals surface area contributed by atoms with Crippen molar-refractivity contribution in [2.24, 2.45) is 0 Å². The molecule has 0 bridgehead atoms. The third-order valence-corrected chi connectivity index (χ3v) is 4.03. The van der Waals surface area contributed by atoms with Crippen LogP contribution < -0.4 is 9.64 Å². The average molecular weight is 330 g/mol. The van der Waals surface area contributed by atoms with Crippen molar-refractivity contribution in [2.75, 3.05) is 11.5 Å². The maximum Gasteiger partial charge on any atom is 0.227 e. The third kappa shape index (κ3) is 3.30. The van der Waals surface area contributed by atoms with Crippen molar-refractivity contribution in [1.82, 2.24) is 15.0 Å². The first-order valence-electron chi connectivity index (χ1n) is 8.99. The highest BCUT2D eigenvalue weighted by atomic mass is 16.5. The van der Waals surface area contributed by atoms with Crippen LogP contribution in [0.1, 0.15) is 65.9 Å². The summed E-state index contributed by atoms with van der Waals surface area (Å²) in [7, 11) is 0. The molecule has 1 atom stereocenters. The second kappa shape index (κ2) is 7.32. The van der Waals surface area contributed by atoms with E-state index in [1.54, 1.807) is 0 Å². The number of anilines is 1. The van der Waals surface area contributed by atoms with E-state index in [-0.39, 0.29) is 12.0 Å². The van der Waals surface area contributed by atoms with Crippen LogP contribution in [0, 0.1) is 6.92 Å². The molecule has 0 saturated heterocycles. The quantitative estimate of drug-likeness (QED) is 0.812. The summed E-state index contributed by atoms with van der Waals surface area (Å²) >= 11 is 0. The monoisotopic (exact) mass is 330 g/mol. The molecule has 5 nitrogen and oxygen atoms in total. The fourth-order valence-electron chi connectivity index (χ4n) is 3.03. The molecule has 0 spiro atoms. The number of rotatable bonds is 2. The van der Waals surface area contributed by atoms with E-state index in [0.29, 0.717) is 18.5 Å². The number of nitrogens with zero attached hydrogens (tertiary/aromatic N) is 4. The number of pyridine rings is 1. The number of aromatic nitrogens is 3. The molecule has 0 saturated carbocycles. The molecule has 3 rings (SSSR count). The van der Waals surface area contributed by atoms with Crippen LogP contribution in [-0.4, -0.2) is 33.6 Å². The zero-order valence-electron chi connectivity index (χ0n) is 16.2. The van der Waals surface area contributed by atoms with Gasteiger partial charge in [-0.25, -0.2) is 15.0 Å². The van der Waals surface area contributed by atoms with Gasteiger partial charge in [0.25, 0.3) is 0 Å². The molecule has 0 aromatic carbocycles. The Kier molecular flexibility index (Phi) is 5.62. The van der Waals surface area contributed by atoms with Crippen LogP contribution in [0.5, 0.6) is 5.88 Å². The van der Waals surface area contributed by atoms with Gasteiger partial charge in [-0.2, -0.15) is 0 Å². The molecule has 24 heavy (non-hydrogen) atoms. The number of hydrogen-bond acceptors (Lipinski definition) is 5. The Morgan fingerprint density at radius 3 is 2.38 bits per heavy atom. The molecule has 1 aliphatic heterocycles. The number of hydrogen-bond donors (Lipinski definition) is 0. The van der Waals surface area contributed by atoms with Crippen molar-refractivity contribution >= 4 is 16.7 Å². The molecule has 0 amide bonds. The van der Waals surface area contributed by atoms with Crippen LogP contribution in [0.25, 0.3) is 10.9 Å². The molecule has 132 valence electrons. The van der Waals surface area contributed by atoms with Gasteiger partial charge in [-0.1, -0.05) is 27.7 Å². The average Bonchev–Trinajstić information content (AvgIpc) is 2.66. The van der Waals surface area contributed by atoms with Gasteiger partial charge in [-0.3, -0.25) is 0 Å². The normalized spacial score (nSPS) is 16.8. The summed E-state index contributed by atoms with van der Waals surface area (Å²) in [6.07, 6.45) is 0. The van der Waals surface area contributed by atoms with Gasteiger partial charge in [0.1, 0.15) is 23.6 Å². The topological polar surface area (TPSA) is 51.1 Å². The molecular weight excluding hydrogens is 300 g/mol. The fourth-order valence-corrected chi connectivity index (χ4v) is 3.03. The summed E-state index contributed by atoms with van der Waals surface area (Å²) in [5, 5.41) is 0.938. The lowest BCUT2D eigenvalue weighted by Crippen LogP contribution is -2.42. The Balaban J connectivity index is 0.00000100. The first-order chi connectivity index (χ1) is 11.4. The fraction of sp³-hybridized carbons (Fsp3) is 0.632. The molecular formula is C19H30N4O. The van der Waals surface area contributed by atoms with E-state index in [1.807, 2.05) is 26.8 Å². The van der Waals surface area contributed by atoms with E-state index in [0.717, 1.165) is 28.2 Å². The molecule has 0 fully saturated rings. The van der Waals surface area contributed by atoms with Crippen molar-refractivity contribution in [3.05, 3.63) is 17.6 Å². The molecule has 1 aliphatic rings. The highest BCUT2D eigenvalue weighted by Gasteiger charge is 2.29. The first-order valence-corrected chi connectivity index (χ1v) is 8.99.